The highest BCUT2D eigenvalue weighted by Gasteiger charge is 2.84. The quantitative estimate of drug-likeness (QED) is 0.537. The number of hydrogen-bond acceptors (Lipinski definition) is 3. The monoisotopic (exact) mass is 414 g/mol. The molecule has 2 atom stereocenters. The summed E-state index contributed by atoms with van der Waals surface area (Å²) < 4.78 is 145. The molecule has 0 radical (unpaired) electrons. The Labute approximate surface area is 139 Å². The van der Waals surface area contributed by atoms with E-state index in [1.165, 1.54) is 0 Å². The molecule has 0 spiro atoms. The van der Waals surface area contributed by atoms with E-state index in [1.807, 2.05) is 0 Å². The first-order chi connectivity index (χ1) is 11.1. The van der Waals surface area contributed by atoms with Gasteiger partial charge in [0.1, 0.15) is 0 Å². The predicted octanol–water partition coefficient (Wildman–Crippen LogP) is 4.39. The van der Waals surface area contributed by atoms with Crippen LogP contribution < -0.4 is 0 Å². The number of rotatable bonds is 5. The van der Waals surface area contributed by atoms with Crippen molar-refractivity contribution in [3.63, 3.8) is 0 Å². The summed E-state index contributed by atoms with van der Waals surface area (Å²) in [6.07, 6.45) is -24.1. The Morgan fingerprint density at radius 2 is 1.23 bits per heavy atom. The van der Waals surface area contributed by atoms with Crippen molar-refractivity contribution >= 4 is 5.97 Å². The third-order valence-electron chi connectivity index (χ3n) is 3.88. The van der Waals surface area contributed by atoms with E-state index < -0.39 is 54.0 Å². The van der Waals surface area contributed by atoms with Crippen LogP contribution in [0.4, 0.5) is 48.3 Å². The predicted molar refractivity (Wildman–Crippen MR) is 62.0 cm³/mol. The van der Waals surface area contributed by atoms with Crippen LogP contribution in [0.2, 0.25) is 0 Å². The number of hydrogen-bond donors (Lipinski definition) is 1. The Balaban J connectivity index is 6.00. The van der Waals surface area contributed by atoms with Gasteiger partial charge < -0.3 is 9.84 Å². The average Bonchev–Trinajstić information content (AvgIpc) is 2.41. The molecule has 156 valence electrons. The summed E-state index contributed by atoms with van der Waals surface area (Å²) in [6, 6.07) is 0. The van der Waals surface area contributed by atoms with E-state index in [-0.39, 0.29) is 13.8 Å². The van der Waals surface area contributed by atoms with Crippen molar-refractivity contribution in [3.05, 3.63) is 0 Å². The molecule has 26 heavy (non-hydrogen) atoms. The summed E-state index contributed by atoms with van der Waals surface area (Å²) >= 11 is 0. The molecule has 0 fully saturated rings. The van der Waals surface area contributed by atoms with Crippen molar-refractivity contribution in [3.8, 4) is 0 Å². The number of alkyl halides is 11. The first kappa shape index (κ1) is 24.7. The molecule has 0 aliphatic carbocycles. The van der Waals surface area contributed by atoms with Gasteiger partial charge in [-0.15, -0.1) is 0 Å². The number of aliphatic hydroxyl groups is 1. The second-order valence-electron chi connectivity index (χ2n) is 5.56. The number of carbonyl (C=O) groups excluding carboxylic acids is 1. The lowest BCUT2D eigenvalue weighted by Crippen LogP contribution is -2.71. The fourth-order valence-electron chi connectivity index (χ4n) is 1.66. The molecule has 2 unspecified atom stereocenters. The highest BCUT2D eigenvalue weighted by molar-refractivity contribution is 5.77. The van der Waals surface area contributed by atoms with Gasteiger partial charge in [-0.2, -0.15) is 48.3 Å². The van der Waals surface area contributed by atoms with Crippen LogP contribution in [0.15, 0.2) is 0 Å². The SMILES string of the molecule is CCC(C)(C(=O)OC(C)C(F)(F)C(O)(C(F)(F)F)C(F)(F)F)C(F)(F)F. The highest BCUT2D eigenvalue weighted by atomic mass is 19.4. The molecule has 0 saturated heterocycles. The van der Waals surface area contributed by atoms with E-state index >= 15 is 0 Å². The van der Waals surface area contributed by atoms with Gasteiger partial charge in [-0.3, -0.25) is 4.79 Å². The highest BCUT2D eigenvalue weighted by Crippen LogP contribution is 2.53. The van der Waals surface area contributed by atoms with Crippen molar-refractivity contribution < 1.29 is 62.9 Å². The largest absolute Gasteiger partial charge is 0.455 e. The van der Waals surface area contributed by atoms with Crippen LogP contribution in [0, 0.1) is 5.41 Å². The average molecular weight is 414 g/mol. The molecule has 0 heterocycles. The molecular formula is C12H13F11O3. The molecule has 0 saturated carbocycles. The lowest BCUT2D eigenvalue weighted by molar-refractivity contribution is -0.432. The lowest BCUT2D eigenvalue weighted by Gasteiger charge is -2.41. The Morgan fingerprint density at radius 3 is 1.46 bits per heavy atom. The molecular weight excluding hydrogens is 401 g/mol. The third-order valence-corrected chi connectivity index (χ3v) is 3.88. The Kier molecular flexibility index (Phi) is 6.33. The number of halogens is 11. The fourth-order valence-corrected chi connectivity index (χ4v) is 1.66. The Bertz CT molecular complexity index is 506. The third kappa shape index (κ3) is 3.69. The van der Waals surface area contributed by atoms with Gasteiger partial charge in [0.2, 0.25) is 0 Å². The molecule has 3 nitrogen and oxygen atoms in total. The molecule has 14 heteroatoms. The van der Waals surface area contributed by atoms with E-state index in [2.05, 4.69) is 4.74 Å². The van der Waals surface area contributed by atoms with Crippen LogP contribution in [-0.4, -0.2) is 47.2 Å². The maximum atomic E-state index is 13.8. The maximum absolute atomic E-state index is 13.8. The molecule has 0 aromatic rings. The van der Waals surface area contributed by atoms with Crippen LogP contribution in [0.5, 0.6) is 0 Å². The molecule has 0 aliphatic heterocycles. The first-order valence-corrected chi connectivity index (χ1v) is 6.62. The van der Waals surface area contributed by atoms with Gasteiger partial charge >= 0.3 is 36.0 Å². The summed E-state index contributed by atoms with van der Waals surface area (Å²) in [6.45, 7) is 0.728. The van der Waals surface area contributed by atoms with Crippen molar-refractivity contribution in [2.75, 3.05) is 0 Å². The number of ether oxygens (including phenoxy) is 1. The topological polar surface area (TPSA) is 46.5 Å². The normalized spacial score (nSPS) is 18.3. The molecule has 1 N–H and O–H groups in total. The molecule has 0 bridgehead atoms. The smallest absolute Gasteiger partial charge is 0.432 e. The minimum atomic E-state index is -6.98. The van der Waals surface area contributed by atoms with Gasteiger partial charge in [0.15, 0.2) is 11.5 Å². The number of esters is 1. The van der Waals surface area contributed by atoms with Crippen molar-refractivity contribution in [1.82, 2.24) is 0 Å². The zero-order valence-corrected chi connectivity index (χ0v) is 13.2. The second kappa shape index (κ2) is 6.68. The van der Waals surface area contributed by atoms with Crippen LogP contribution >= 0.6 is 0 Å². The van der Waals surface area contributed by atoms with Crippen LogP contribution in [-0.2, 0) is 9.53 Å². The van der Waals surface area contributed by atoms with Gasteiger partial charge in [-0.1, -0.05) is 6.92 Å². The van der Waals surface area contributed by atoms with E-state index in [0.717, 1.165) is 6.92 Å². The first-order valence-electron chi connectivity index (χ1n) is 6.62. The zero-order chi connectivity index (χ0) is 21.6. The van der Waals surface area contributed by atoms with Crippen LogP contribution in [0.25, 0.3) is 0 Å². The van der Waals surface area contributed by atoms with Gasteiger partial charge in [0.05, 0.1) is 0 Å². The Hall–Kier alpha value is -1.34. The molecule has 0 amide bonds. The van der Waals surface area contributed by atoms with Crippen molar-refractivity contribution in [2.24, 2.45) is 5.41 Å². The zero-order valence-electron chi connectivity index (χ0n) is 13.2. The fraction of sp³-hybridized carbons (Fsp3) is 0.917. The molecule has 0 aliphatic rings. The summed E-state index contributed by atoms with van der Waals surface area (Å²) in [5, 5.41) is 8.70. The molecule has 0 aromatic carbocycles. The second-order valence-corrected chi connectivity index (χ2v) is 5.56. The Morgan fingerprint density at radius 1 is 0.885 bits per heavy atom. The summed E-state index contributed by atoms with van der Waals surface area (Å²) in [4.78, 5) is 11.5. The van der Waals surface area contributed by atoms with E-state index in [4.69, 9.17) is 5.11 Å². The maximum Gasteiger partial charge on any atom is 0.432 e. The standard InChI is InChI=1S/C12H13F11O3/c1-4-7(3,10(15,16)17)6(24)26-5(2)8(13,14)9(25,11(18,19)20)12(21,22)23/h5,25H,4H2,1-3H3. The van der Waals surface area contributed by atoms with Gasteiger partial charge in [0.25, 0.3) is 0 Å². The van der Waals surface area contributed by atoms with Crippen LogP contribution in [0.3, 0.4) is 0 Å². The minimum absolute atomic E-state index is 0.167. The van der Waals surface area contributed by atoms with Gasteiger partial charge in [-0.25, -0.2) is 0 Å². The number of carbonyl (C=O) groups is 1. The van der Waals surface area contributed by atoms with E-state index in [0.29, 0.717) is 0 Å². The van der Waals surface area contributed by atoms with E-state index in [1.54, 1.807) is 0 Å². The summed E-state index contributed by atoms with van der Waals surface area (Å²) in [7, 11) is 0. The molecule has 0 rings (SSSR count). The molecule has 0 aromatic heterocycles. The van der Waals surface area contributed by atoms with Gasteiger partial charge in [0, 0.05) is 0 Å². The van der Waals surface area contributed by atoms with Gasteiger partial charge in [-0.05, 0) is 20.3 Å². The van der Waals surface area contributed by atoms with E-state index in [9.17, 15) is 53.1 Å². The summed E-state index contributed by atoms with van der Waals surface area (Å²) in [5.41, 5.74) is -10.1. The van der Waals surface area contributed by atoms with Crippen LogP contribution in [0.1, 0.15) is 27.2 Å². The van der Waals surface area contributed by atoms with Crippen molar-refractivity contribution in [2.45, 2.75) is 63.3 Å². The van der Waals surface area contributed by atoms with Crippen molar-refractivity contribution in [1.29, 1.82) is 0 Å². The lowest BCUT2D eigenvalue weighted by atomic mass is 9.86. The summed E-state index contributed by atoms with van der Waals surface area (Å²) in [5.74, 6) is -8.77. The minimum Gasteiger partial charge on any atom is -0.455 e.